The van der Waals surface area contributed by atoms with E-state index in [-0.39, 0.29) is 12.1 Å². The minimum atomic E-state index is -0.899. The van der Waals surface area contributed by atoms with Crippen molar-refractivity contribution >= 4 is 22.8 Å². The van der Waals surface area contributed by atoms with Crippen LogP contribution < -0.4 is 16.0 Å². The molecule has 0 bridgehead atoms. The third-order valence-electron chi connectivity index (χ3n) is 5.37. The topological polar surface area (TPSA) is 99.9 Å². The molecule has 1 aromatic carbocycles. The maximum absolute atomic E-state index is 13.8. The van der Waals surface area contributed by atoms with E-state index >= 15 is 0 Å². The van der Waals surface area contributed by atoms with Crippen LogP contribution in [0.15, 0.2) is 30.7 Å². The number of nitrogens with one attached hydrogen (secondary N) is 2. The summed E-state index contributed by atoms with van der Waals surface area (Å²) in [6.45, 7) is 3.40. The minimum Gasteiger partial charge on any atom is -0.354 e. The Labute approximate surface area is 166 Å². The number of anilines is 1. The van der Waals surface area contributed by atoms with Gasteiger partial charge in [0.1, 0.15) is 29.4 Å². The van der Waals surface area contributed by atoms with E-state index < -0.39 is 23.1 Å². The molecule has 1 fully saturated rings. The van der Waals surface area contributed by atoms with Gasteiger partial charge in [0, 0.05) is 31.9 Å². The van der Waals surface area contributed by atoms with Gasteiger partial charge in [-0.3, -0.25) is 4.79 Å². The van der Waals surface area contributed by atoms with E-state index in [0.29, 0.717) is 25.6 Å². The molecular formula is C20H22F2N6O. The van der Waals surface area contributed by atoms with E-state index in [2.05, 4.69) is 32.1 Å². The van der Waals surface area contributed by atoms with Crippen LogP contribution in [0.5, 0.6) is 0 Å². The van der Waals surface area contributed by atoms with Crippen molar-refractivity contribution in [1.29, 1.82) is 0 Å². The molecule has 0 spiro atoms. The van der Waals surface area contributed by atoms with Crippen LogP contribution in [0.25, 0.3) is 11.0 Å². The second kappa shape index (κ2) is 7.40. The standard InChI is InChI=1S/C20H22F2N6O/c1-2-12-8-24-17-16(12)18(27-11-26-17)28-6-5-20(23,10-28)9-25-19(29)14-4-3-13(21)7-15(14)22/h3-4,7-8,11H,2,5-6,9-10,23H2,1H3,(H,25,29)(H,24,26,27)/t20-/m0/s1. The number of hydrogen-bond donors (Lipinski definition) is 3. The molecule has 0 unspecified atom stereocenters. The lowest BCUT2D eigenvalue weighted by molar-refractivity contribution is 0.0941. The van der Waals surface area contributed by atoms with Gasteiger partial charge in [0.15, 0.2) is 0 Å². The molecule has 29 heavy (non-hydrogen) atoms. The summed E-state index contributed by atoms with van der Waals surface area (Å²) in [6, 6.07) is 2.86. The van der Waals surface area contributed by atoms with Gasteiger partial charge in [0.05, 0.1) is 16.5 Å². The number of aryl methyl sites for hydroxylation is 1. The summed E-state index contributed by atoms with van der Waals surface area (Å²) in [5.74, 6) is -1.43. The lowest BCUT2D eigenvalue weighted by Gasteiger charge is -2.25. The van der Waals surface area contributed by atoms with Gasteiger partial charge >= 0.3 is 0 Å². The average Bonchev–Trinajstić information content (AvgIpc) is 3.30. The summed E-state index contributed by atoms with van der Waals surface area (Å²) >= 11 is 0. The summed E-state index contributed by atoms with van der Waals surface area (Å²) in [7, 11) is 0. The molecular weight excluding hydrogens is 378 g/mol. The molecule has 1 amide bonds. The van der Waals surface area contributed by atoms with Crippen molar-refractivity contribution in [3.8, 4) is 0 Å². The molecule has 1 aliphatic rings. The third-order valence-corrected chi connectivity index (χ3v) is 5.37. The molecule has 0 radical (unpaired) electrons. The molecule has 9 heteroatoms. The Morgan fingerprint density at radius 3 is 2.97 bits per heavy atom. The van der Waals surface area contributed by atoms with Crippen molar-refractivity contribution in [3.63, 3.8) is 0 Å². The van der Waals surface area contributed by atoms with Crippen LogP contribution in [-0.4, -0.2) is 46.0 Å². The number of amides is 1. The second-order valence-corrected chi connectivity index (χ2v) is 7.43. The van der Waals surface area contributed by atoms with Crippen molar-refractivity contribution in [1.82, 2.24) is 20.3 Å². The van der Waals surface area contributed by atoms with Gasteiger partial charge in [-0.2, -0.15) is 0 Å². The van der Waals surface area contributed by atoms with E-state index in [1.807, 2.05) is 6.20 Å². The molecule has 1 saturated heterocycles. The van der Waals surface area contributed by atoms with E-state index in [1.54, 1.807) is 0 Å². The van der Waals surface area contributed by atoms with Crippen LogP contribution >= 0.6 is 0 Å². The summed E-state index contributed by atoms with van der Waals surface area (Å²) < 4.78 is 26.9. The Bertz CT molecular complexity index is 1070. The highest BCUT2D eigenvalue weighted by molar-refractivity contribution is 5.94. The van der Waals surface area contributed by atoms with Crippen molar-refractivity contribution < 1.29 is 13.6 Å². The number of carbonyl (C=O) groups excluding carboxylic acids is 1. The summed E-state index contributed by atoms with van der Waals surface area (Å²) in [5, 5.41) is 3.66. The summed E-state index contributed by atoms with van der Waals surface area (Å²) in [4.78, 5) is 26.3. The van der Waals surface area contributed by atoms with E-state index in [1.165, 1.54) is 6.33 Å². The fraction of sp³-hybridized carbons (Fsp3) is 0.350. The van der Waals surface area contributed by atoms with E-state index in [4.69, 9.17) is 5.73 Å². The molecule has 152 valence electrons. The zero-order valence-corrected chi connectivity index (χ0v) is 16.0. The molecule has 0 aliphatic carbocycles. The molecule has 7 nitrogen and oxygen atoms in total. The highest BCUT2D eigenvalue weighted by atomic mass is 19.1. The number of hydrogen-bond acceptors (Lipinski definition) is 5. The maximum atomic E-state index is 13.8. The number of nitrogens with zero attached hydrogens (tertiary/aromatic N) is 3. The Morgan fingerprint density at radius 1 is 1.38 bits per heavy atom. The molecule has 2 aromatic heterocycles. The molecule has 3 aromatic rings. The van der Waals surface area contributed by atoms with E-state index in [9.17, 15) is 13.6 Å². The van der Waals surface area contributed by atoms with Crippen LogP contribution in [0.4, 0.5) is 14.6 Å². The monoisotopic (exact) mass is 400 g/mol. The van der Waals surface area contributed by atoms with Crippen molar-refractivity contribution in [2.45, 2.75) is 25.3 Å². The Balaban J connectivity index is 1.48. The van der Waals surface area contributed by atoms with Crippen LogP contribution in [0.3, 0.4) is 0 Å². The van der Waals surface area contributed by atoms with Gasteiger partial charge in [0.2, 0.25) is 0 Å². The first kappa shape index (κ1) is 19.3. The number of rotatable bonds is 5. The maximum Gasteiger partial charge on any atom is 0.254 e. The first-order valence-corrected chi connectivity index (χ1v) is 9.48. The fourth-order valence-corrected chi connectivity index (χ4v) is 3.77. The van der Waals surface area contributed by atoms with Gasteiger partial charge in [-0.25, -0.2) is 18.7 Å². The number of fused-ring (bicyclic) bond motifs is 1. The first-order chi connectivity index (χ1) is 13.9. The fourth-order valence-electron chi connectivity index (χ4n) is 3.77. The summed E-state index contributed by atoms with van der Waals surface area (Å²) in [5.41, 5.74) is 7.52. The van der Waals surface area contributed by atoms with Crippen LogP contribution in [0.1, 0.15) is 29.3 Å². The molecule has 1 aliphatic heterocycles. The Kier molecular flexibility index (Phi) is 4.91. The second-order valence-electron chi connectivity index (χ2n) is 7.43. The summed E-state index contributed by atoms with van der Waals surface area (Å²) in [6.07, 6.45) is 4.94. The van der Waals surface area contributed by atoms with Gasteiger partial charge in [-0.1, -0.05) is 6.92 Å². The first-order valence-electron chi connectivity index (χ1n) is 9.48. The van der Waals surface area contributed by atoms with Crippen molar-refractivity contribution in [2.75, 3.05) is 24.5 Å². The number of carbonyl (C=O) groups is 1. The highest BCUT2D eigenvalue weighted by Crippen LogP contribution is 2.31. The molecule has 1 atom stereocenters. The van der Waals surface area contributed by atoms with Gasteiger partial charge in [0.25, 0.3) is 5.91 Å². The lowest BCUT2D eigenvalue weighted by atomic mass is 10.00. The molecule has 3 heterocycles. The lowest BCUT2D eigenvalue weighted by Crippen LogP contribution is -2.52. The van der Waals surface area contributed by atoms with Crippen LogP contribution in [0, 0.1) is 11.6 Å². The quantitative estimate of drug-likeness (QED) is 0.609. The smallest absolute Gasteiger partial charge is 0.254 e. The predicted molar refractivity (Wildman–Crippen MR) is 106 cm³/mol. The zero-order valence-electron chi connectivity index (χ0n) is 16.0. The number of aromatic amines is 1. The highest BCUT2D eigenvalue weighted by Gasteiger charge is 2.36. The number of aromatic nitrogens is 3. The van der Waals surface area contributed by atoms with E-state index in [0.717, 1.165) is 41.0 Å². The Morgan fingerprint density at radius 2 is 2.21 bits per heavy atom. The van der Waals surface area contributed by atoms with Gasteiger partial charge in [-0.05, 0) is 30.5 Å². The largest absolute Gasteiger partial charge is 0.354 e. The number of nitrogens with two attached hydrogens (primary N) is 1. The van der Waals surface area contributed by atoms with Gasteiger partial charge in [-0.15, -0.1) is 0 Å². The minimum absolute atomic E-state index is 0.168. The third kappa shape index (κ3) is 3.65. The Hall–Kier alpha value is -3.07. The van der Waals surface area contributed by atoms with Crippen LogP contribution in [-0.2, 0) is 6.42 Å². The number of benzene rings is 1. The normalized spacial score (nSPS) is 19.1. The zero-order chi connectivity index (χ0) is 20.6. The number of halogens is 2. The van der Waals surface area contributed by atoms with Crippen molar-refractivity contribution in [3.05, 3.63) is 53.5 Å². The molecule has 0 saturated carbocycles. The van der Waals surface area contributed by atoms with Crippen LogP contribution in [0.2, 0.25) is 0 Å². The van der Waals surface area contributed by atoms with Gasteiger partial charge < -0.3 is 20.9 Å². The van der Waals surface area contributed by atoms with Crippen molar-refractivity contribution in [2.24, 2.45) is 5.73 Å². The number of H-pyrrole nitrogens is 1. The predicted octanol–water partition coefficient (Wildman–Crippen LogP) is 2.14. The SMILES string of the molecule is CCc1c[nH]c2ncnc(N3CC[C@](N)(CNC(=O)c4ccc(F)cc4F)C3)c12. The molecule has 4 rings (SSSR count). The average molecular weight is 400 g/mol. The molecule has 4 N–H and O–H groups in total.